The minimum atomic E-state index is -0.255. The highest BCUT2D eigenvalue weighted by Gasteiger charge is 2.27. The lowest BCUT2D eigenvalue weighted by atomic mass is 9.99. The number of pyridine rings is 1. The van der Waals surface area contributed by atoms with Crippen molar-refractivity contribution in [2.24, 2.45) is 0 Å². The molecule has 1 atom stereocenters. The van der Waals surface area contributed by atoms with E-state index >= 15 is 0 Å². The summed E-state index contributed by atoms with van der Waals surface area (Å²) in [7, 11) is 0. The van der Waals surface area contributed by atoms with Crippen molar-refractivity contribution in [1.82, 2.24) is 14.8 Å². The molecule has 0 saturated carbocycles. The Morgan fingerprint density at radius 1 is 1.11 bits per heavy atom. The monoisotopic (exact) mass is 374 g/mol. The van der Waals surface area contributed by atoms with Gasteiger partial charge in [0.1, 0.15) is 0 Å². The van der Waals surface area contributed by atoms with Crippen molar-refractivity contribution >= 4 is 17.7 Å². The number of piperidine rings is 1. The zero-order valence-corrected chi connectivity index (χ0v) is 16.4. The highest BCUT2D eigenvalue weighted by Crippen LogP contribution is 2.23. The summed E-state index contributed by atoms with van der Waals surface area (Å²) in [5.74, 6) is 0.0843. The second-order valence-corrected chi connectivity index (χ2v) is 7.16. The predicted molar refractivity (Wildman–Crippen MR) is 104 cm³/mol. The molecule has 2 aliphatic heterocycles. The van der Waals surface area contributed by atoms with Gasteiger partial charge in [0.2, 0.25) is 0 Å². The van der Waals surface area contributed by atoms with Crippen LogP contribution in [0.3, 0.4) is 0 Å². The van der Waals surface area contributed by atoms with Crippen LogP contribution in [0.15, 0.2) is 18.5 Å². The van der Waals surface area contributed by atoms with Crippen LogP contribution in [-0.4, -0.2) is 72.2 Å². The molecule has 1 aromatic heterocycles. The fourth-order valence-electron chi connectivity index (χ4n) is 3.94. The quantitative estimate of drug-likeness (QED) is 0.811. The summed E-state index contributed by atoms with van der Waals surface area (Å²) in [5.41, 5.74) is 1.59. The van der Waals surface area contributed by atoms with E-state index in [0.717, 1.165) is 31.5 Å². The summed E-state index contributed by atoms with van der Waals surface area (Å²) < 4.78 is 5.07. The fourth-order valence-corrected chi connectivity index (χ4v) is 3.94. The number of hydrogen-bond donors (Lipinski definition) is 0. The molecule has 1 aromatic rings. The van der Waals surface area contributed by atoms with E-state index in [-0.39, 0.29) is 12.0 Å². The van der Waals surface area contributed by atoms with Crippen molar-refractivity contribution < 1.29 is 14.3 Å². The molecule has 0 spiro atoms. The van der Waals surface area contributed by atoms with Crippen LogP contribution in [0.1, 0.15) is 49.9 Å². The molecule has 0 bridgehead atoms. The zero-order valence-electron chi connectivity index (χ0n) is 16.4. The summed E-state index contributed by atoms with van der Waals surface area (Å²) in [6.45, 7) is 7.82. The summed E-state index contributed by atoms with van der Waals surface area (Å²) in [6, 6.07) is 2.28. The molecule has 148 valence electrons. The number of hydrogen-bond acceptors (Lipinski definition) is 5. The molecule has 0 aliphatic carbocycles. The summed E-state index contributed by atoms with van der Waals surface area (Å²) in [6.07, 6.45) is 7.57. The van der Waals surface area contributed by atoms with Crippen LogP contribution >= 0.6 is 0 Å². The third kappa shape index (κ3) is 4.51. The van der Waals surface area contributed by atoms with Gasteiger partial charge in [-0.3, -0.25) is 9.78 Å². The average molecular weight is 374 g/mol. The van der Waals surface area contributed by atoms with Gasteiger partial charge in [-0.15, -0.1) is 0 Å². The van der Waals surface area contributed by atoms with Crippen molar-refractivity contribution in [3.05, 3.63) is 24.0 Å². The Bertz CT molecular complexity index is 658. The van der Waals surface area contributed by atoms with Gasteiger partial charge in [-0.1, -0.05) is 6.92 Å². The van der Waals surface area contributed by atoms with Gasteiger partial charge in [0.05, 0.1) is 24.1 Å². The number of carbonyl (C=O) groups excluding carboxylic acids is 2. The van der Waals surface area contributed by atoms with E-state index in [2.05, 4.69) is 16.8 Å². The number of likely N-dealkylation sites (tertiary alicyclic amines) is 1. The number of anilines is 1. The van der Waals surface area contributed by atoms with Crippen LogP contribution in [0.5, 0.6) is 0 Å². The van der Waals surface area contributed by atoms with Gasteiger partial charge in [0.25, 0.3) is 5.91 Å². The molecule has 3 heterocycles. The molecule has 7 nitrogen and oxygen atoms in total. The normalized spacial score (nSPS) is 20.5. The number of carbonyl (C=O) groups is 2. The molecule has 2 amide bonds. The van der Waals surface area contributed by atoms with Crippen LogP contribution in [0.4, 0.5) is 10.5 Å². The summed E-state index contributed by atoms with van der Waals surface area (Å²) >= 11 is 0. The zero-order chi connectivity index (χ0) is 19.2. The van der Waals surface area contributed by atoms with Gasteiger partial charge < -0.3 is 19.4 Å². The first-order chi connectivity index (χ1) is 13.1. The third-order valence-corrected chi connectivity index (χ3v) is 5.50. The molecule has 0 radical (unpaired) electrons. The molecular formula is C20H30N4O3. The van der Waals surface area contributed by atoms with E-state index < -0.39 is 0 Å². The highest BCUT2D eigenvalue weighted by atomic mass is 16.6. The van der Waals surface area contributed by atoms with E-state index in [1.54, 1.807) is 17.3 Å². The van der Waals surface area contributed by atoms with Crippen LogP contribution < -0.4 is 4.90 Å². The maximum atomic E-state index is 13.0. The number of rotatable bonds is 4. The molecule has 2 aliphatic rings. The smallest absolute Gasteiger partial charge is 0.409 e. The highest BCUT2D eigenvalue weighted by molar-refractivity contribution is 5.95. The van der Waals surface area contributed by atoms with Gasteiger partial charge in [-0.25, -0.2) is 4.79 Å². The first-order valence-corrected chi connectivity index (χ1v) is 10.1. The van der Waals surface area contributed by atoms with Crippen molar-refractivity contribution in [3.63, 3.8) is 0 Å². The molecule has 2 saturated heterocycles. The molecule has 0 N–H and O–H groups in total. The summed E-state index contributed by atoms with van der Waals surface area (Å²) in [5, 5.41) is 0. The third-order valence-electron chi connectivity index (χ3n) is 5.50. The largest absolute Gasteiger partial charge is 0.450 e. The molecule has 1 unspecified atom stereocenters. The minimum absolute atomic E-state index is 0.0843. The van der Waals surface area contributed by atoms with Crippen LogP contribution in [0.2, 0.25) is 0 Å². The van der Waals surface area contributed by atoms with E-state index in [1.165, 1.54) is 6.42 Å². The molecule has 2 fully saturated rings. The van der Waals surface area contributed by atoms with Crippen molar-refractivity contribution in [2.75, 3.05) is 44.2 Å². The minimum Gasteiger partial charge on any atom is -0.450 e. The van der Waals surface area contributed by atoms with Gasteiger partial charge in [-0.05, 0) is 38.7 Å². The number of amides is 2. The number of piperazine rings is 1. The lowest BCUT2D eigenvalue weighted by molar-refractivity contribution is 0.0607. The second-order valence-electron chi connectivity index (χ2n) is 7.16. The van der Waals surface area contributed by atoms with Gasteiger partial charge in [0, 0.05) is 45.0 Å². The number of aromatic nitrogens is 1. The van der Waals surface area contributed by atoms with E-state index in [9.17, 15) is 9.59 Å². The van der Waals surface area contributed by atoms with Crippen LogP contribution in [0, 0.1) is 0 Å². The standard InChI is InChI=1S/C20H30N4O3/c1-3-17-7-5-6-8-24(17)19(25)16-13-18(15-21-14-16)22-9-11-23(12-10-22)20(26)27-4-2/h13-15,17H,3-12H2,1-2H3. The van der Waals surface area contributed by atoms with E-state index in [0.29, 0.717) is 44.4 Å². The molecule has 7 heteroatoms. The van der Waals surface area contributed by atoms with Gasteiger partial charge in [0.15, 0.2) is 0 Å². The number of ether oxygens (including phenoxy) is 1. The Morgan fingerprint density at radius 3 is 2.59 bits per heavy atom. The molecule has 0 aromatic carbocycles. The van der Waals surface area contributed by atoms with Crippen LogP contribution in [0.25, 0.3) is 0 Å². The van der Waals surface area contributed by atoms with Crippen molar-refractivity contribution in [1.29, 1.82) is 0 Å². The Morgan fingerprint density at radius 2 is 1.89 bits per heavy atom. The first-order valence-electron chi connectivity index (χ1n) is 10.1. The average Bonchev–Trinajstić information content (AvgIpc) is 2.73. The van der Waals surface area contributed by atoms with Crippen molar-refractivity contribution in [3.8, 4) is 0 Å². The SMILES string of the molecule is CCOC(=O)N1CCN(c2cncc(C(=O)N3CCCCC3CC)c2)CC1. The Labute approximate surface area is 161 Å². The maximum Gasteiger partial charge on any atom is 0.409 e. The lowest BCUT2D eigenvalue weighted by Crippen LogP contribution is -2.49. The van der Waals surface area contributed by atoms with E-state index in [1.807, 2.05) is 17.9 Å². The van der Waals surface area contributed by atoms with Gasteiger partial charge >= 0.3 is 6.09 Å². The first kappa shape index (κ1) is 19.5. The molecule has 3 rings (SSSR count). The Balaban J connectivity index is 1.65. The second kappa shape index (κ2) is 9.06. The lowest BCUT2D eigenvalue weighted by Gasteiger charge is -2.36. The maximum absolute atomic E-state index is 13.0. The van der Waals surface area contributed by atoms with Crippen molar-refractivity contribution in [2.45, 2.75) is 45.6 Å². The molecular weight excluding hydrogens is 344 g/mol. The Kier molecular flexibility index (Phi) is 6.53. The predicted octanol–water partition coefficient (Wildman–Crippen LogP) is 2.76. The van der Waals surface area contributed by atoms with Crippen LogP contribution in [-0.2, 0) is 4.74 Å². The van der Waals surface area contributed by atoms with E-state index in [4.69, 9.17) is 4.74 Å². The topological polar surface area (TPSA) is 66.0 Å². The fraction of sp³-hybridized carbons (Fsp3) is 0.650. The van der Waals surface area contributed by atoms with Gasteiger partial charge in [-0.2, -0.15) is 0 Å². The Hall–Kier alpha value is -2.31. The number of nitrogens with zero attached hydrogens (tertiary/aromatic N) is 4. The molecule has 27 heavy (non-hydrogen) atoms. The summed E-state index contributed by atoms with van der Waals surface area (Å²) in [4.78, 5) is 35.1.